The fraction of sp³-hybridized carbons (Fsp3) is 0.619. The average molecular weight is 373 g/mol. The Bertz CT molecular complexity index is 637. The minimum atomic E-state index is -0.362. The Morgan fingerprint density at radius 3 is 2.37 bits per heavy atom. The first kappa shape index (κ1) is 19.7. The van der Waals surface area contributed by atoms with Crippen molar-refractivity contribution in [2.24, 2.45) is 0 Å². The van der Waals surface area contributed by atoms with Crippen LogP contribution in [0.15, 0.2) is 24.3 Å². The summed E-state index contributed by atoms with van der Waals surface area (Å²) in [6.45, 7) is 2.57. The van der Waals surface area contributed by atoms with Crippen LogP contribution < -0.4 is 15.4 Å². The summed E-state index contributed by atoms with van der Waals surface area (Å²) < 4.78 is 5.20. The fourth-order valence-electron chi connectivity index (χ4n) is 3.77. The number of amides is 3. The summed E-state index contributed by atoms with van der Waals surface area (Å²) in [5.41, 5.74) is 1.13. The molecule has 0 bridgehead atoms. The van der Waals surface area contributed by atoms with Crippen molar-refractivity contribution in [1.29, 1.82) is 0 Å². The van der Waals surface area contributed by atoms with Crippen LogP contribution in [-0.4, -0.2) is 42.1 Å². The molecule has 1 aromatic carbocycles. The van der Waals surface area contributed by atoms with Crippen LogP contribution >= 0.6 is 0 Å². The minimum Gasteiger partial charge on any atom is -0.497 e. The lowest BCUT2D eigenvalue weighted by molar-refractivity contribution is -0.125. The summed E-state index contributed by atoms with van der Waals surface area (Å²) in [4.78, 5) is 27.0. The predicted molar refractivity (Wildman–Crippen MR) is 105 cm³/mol. The molecule has 1 atom stereocenters. The van der Waals surface area contributed by atoms with Crippen molar-refractivity contribution >= 4 is 11.9 Å². The topological polar surface area (TPSA) is 70.7 Å². The molecule has 2 saturated carbocycles. The molecule has 2 aliphatic rings. The van der Waals surface area contributed by atoms with Gasteiger partial charge < -0.3 is 10.1 Å². The van der Waals surface area contributed by atoms with Gasteiger partial charge in [0.15, 0.2) is 0 Å². The highest BCUT2D eigenvalue weighted by molar-refractivity contribution is 5.96. The second-order valence-electron chi connectivity index (χ2n) is 7.73. The van der Waals surface area contributed by atoms with Crippen LogP contribution in [0, 0.1) is 0 Å². The van der Waals surface area contributed by atoms with Gasteiger partial charge in [-0.3, -0.25) is 15.0 Å². The number of benzene rings is 1. The molecule has 0 radical (unpaired) electrons. The van der Waals surface area contributed by atoms with Crippen LogP contribution in [0.3, 0.4) is 0 Å². The number of carbonyl (C=O) groups is 2. The van der Waals surface area contributed by atoms with E-state index < -0.39 is 0 Å². The van der Waals surface area contributed by atoms with Gasteiger partial charge >= 0.3 is 6.03 Å². The summed E-state index contributed by atoms with van der Waals surface area (Å²) in [7, 11) is 1.65. The number of imide groups is 1. The number of methoxy groups -OCH3 is 1. The van der Waals surface area contributed by atoms with E-state index in [1.54, 1.807) is 7.11 Å². The molecule has 27 heavy (non-hydrogen) atoms. The monoisotopic (exact) mass is 373 g/mol. The number of urea groups is 1. The Morgan fingerprint density at radius 2 is 1.78 bits per heavy atom. The van der Waals surface area contributed by atoms with E-state index in [-0.39, 0.29) is 24.0 Å². The van der Waals surface area contributed by atoms with Gasteiger partial charge in [-0.25, -0.2) is 4.79 Å². The van der Waals surface area contributed by atoms with E-state index in [9.17, 15) is 9.59 Å². The first-order chi connectivity index (χ1) is 13.1. The van der Waals surface area contributed by atoms with Gasteiger partial charge in [-0.15, -0.1) is 0 Å². The normalized spacial score (nSPS) is 18.8. The highest BCUT2D eigenvalue weighted by Crippen LogP contribution is 2.30. The Balaban J connectivity index is 1.54. The predicted octanol–water partition coefficient (Wildman–Crippen LogP) is 3.21. The lowest BCUT2D eigenvalue weighted by Crippen LogP contribution is -2.51. The van der Waals surface area contributed by atoms with Gasteiger partial charge in [-0.05, 0) is 50.3 Å². The number of hydrogen-bond acceptors (Lipinski definition) is 4. The van der Waals surface area contributed by atoms with E-state index in [1.807, 2.05) is 31.2 Å². The van der Waals surface area contributed by atoms with Crippen molar-refractivity contribution < 1.29 is 14.3 Å². The van der Waals surface area contributed by atoms with E-state index >= 15 is 0 Å². The van der Waals surface area contributed by atoms with Gasteiger partial charge in [-0.1, -0.05) is 31.4 Å². The highest BCUT2D eigenvalue weighted by atomic mass is 16.5. The molecule has 6 heteroatoms. The average Bonchev–Trinajstić information content (AvgIpc) is 3.51. The van der Waals surface area contributed by atoms with E-state index in [0.29, 0.717) is 12.6 Å². The van der Waals surface area contributed by atoms with Gasteiger partial charge in [0.05, 0.1) is 13.2 Å². The highest BCUT2D eigenvalue weighted by Gasteiger charge is 2.35. The standard InChI is InChI=1S/C21H31N3O3/c1-15(20(25)23-21(26)22-17-6-4-3-5-7-17)24(18-10-11-18)14-16-8-12-19(27-2)13-9-16/h8-9,12-13,15,17-18H,3-7,10-11,14H2,1-2H3,(H2,22,23,25,26)/t15-/m0/s1. The maximum atomic E-state index is 12.6. The van der Waals surface area contributed by atoms with Crippen LogP contribution in [0.1, 0.15) is 57.4 Å². The smallest absolute Gasteiger partial charge is 0.321 e. The number of rotatable bonds is 7. The second kappa shape index (κ2) is 9.22. The Kier molecular flexibility index (Phi) is 6.72. The van der Waals surface area contributed by atoms with Crippen LogP contribution in [0.4, 0.5) is 4.79 Å². The zero-order chi connectivity index (χ0) is 19.2. The molecule has 1 aromatic rings. The van der Waals surface area contributed by atoms with Crippen LogP contribution in [-0.2, 0) is 11.3 Å². The van der Waals surface area contributed by atoms with Crippen molar-refractivity contribution in [3.8, 4) is 5.75 Å². The number of nitrogens with one attached hydrogen (secondary N) is 2. The van der Waals surface area contributed by atoms with Crippen molar-refractivity contribution in [3.05, 3.63) is 29.8 Å². The summed E-state index contributed by atoms with van der Waals surface area (Å²) in [6.07, 6.45) is 7.73. The number of hydrogen-bond donors (Lipinski definition) is 2. The molecule has 0 unspecified atom stereocenters. The van der Waals surface area contributed by atoms with Gasteiger partial charge in [-0.2, -0.15) is 0 Å². The fourth-order valence-corrected chi connectivity index (χ4v) is 3.77. The molecule has 2 N–H and O–H groups in total. The molecular weight excluding hydrogens is 342 g/mol. The molecule has 3 rings (SSSR count). The third-order valence-electron chi connectivity index (χ3n) is 5.59. The maximum Gasteiger partial charge on any atom is 0.321 e. The molecule has 0 aromatic heterocycles. The molecule has 3 amide bonds. The molecule has 6 nitrogen and oxygen atoms in total. The van der Waals surface area contributed by atoms with Gasteiger partial charge in [0.1, 0.15) is 5.75 Å². The summed E-state index contributed by atoms with van der Waals surface area (Å²) in [6, 6.07) is 7.81. The third-order valence-corrected chi connectivity index (χ3v) is 5.59. The van der Waals surface area contributed by atoms with Gasteiger partial charge in [0, 0.05) is 18.6 Å². The van der Waals surface area contributed by atoms with E-state index in [0.717, 1.165) is 49.8 Å². The number of carbonyl (C=O) groups excluding carboxylic acids is 2. The van der Waals surface area contributed by atoms with E-state index in [1.165, 1.54) is 6.42 Å². The SMILES string of the molecule is COc1ccc(CN(C2CC2)[C@@H](C)C(=O)NC(=O)NC2CCCCC2)cc1. The molecule has 0 heterocycles. The molecule has 0 aliphatic heterocycles. The Morgan fingerprint density at radius 1 is 1.11 bits per heavy atom. The lowest BCUT2D eigenvalue weighted by Gasteiger charge is -2.29. The molecule has 2 aliphatic carbocycles. The summed E-state index contributed by atoms with van der Waals surface area (Å²) >= 11 is 0. The lowest BCUT2D eigenvalue weighted by atomic mass is 9.96. The number of nitrogens with zero attached hydrogens (tertiary/aromatic N) is 1. The molecule has 148 valence electrons. The van der Waals surface area contributed by atoms with Gasteiger partial charge in [0.2, 0.25) is 5.91 Å². The summed E-state index contributed by atoms with van der Waals surface area (Å²) in [5, 5.41) is 5.49. The van der Waals surface area contributed by atoms with Crippen molar-refractivity contribution in [2.45, 2.75) is 76.5 Å². The van der Waals surface area contributed by atoms with Crippen LogP contribution in [0.25, 0.3) is 0 Å². The van der Waals surface area contributed by atoms with E-state index in [4.69, 9.17) is 4.74 Å². The molecule has 0 saturated heterocycles. The van der Waals surface area contributed by atoms with Crippen LogP contribution in [0.2, 0.25) is 0 Å². The minimum absolute atomic E-state index is 0.195. The second-order valence-corrected chi connectivity index (χ2v) is 7.73. The number of ether oxygens (including phenoxy) is 1. The zero-order valence-electron chi connectivity index (χ0n) is 16.4. The molecule has 0 spiro atoms. The first-order valence-corrected chi connectivity index (χ1v) is 10.1. The quantitative estimate of drug-likeness (QED) is 0.770. The van der Waals surface area contributed by atoms with Crippen molar-refractivity contribution in [3.63, 3.8) is 0 Å². The first-order valence-electron chi connectivity index (χ1n) is 10.1. The van der Waals surface area contributed by atoms with Crippen LogP contribution in [0.5, 0.6) is 5.75 Å². The van der Waals surface area contributed by atoms with Crippen molar-refractivity contribution in [2.75, 3.05) is 7.11 Å². The van der Waals surface area contributed by atoms with Crippen molar-refractivity contribution in [1.82, 2.24) is 15.5 Å². The largest absolute Gasteiger partial charge is 0.497 e. The Labute approximate surface area is 161 Å². The van der Waals surface area contributed by atoms with Gasteiger partial charge in [0.25, 0.3) is 0 Å². The molecule has 2 fully saturated rings. The summed E-state index contributed by atoms with van der Waals surface area (Å²) in [5.74, 6) is 0.589. The third kappa shape index (κ3) is 5.70. The Hall–Kier alpha value is -2.08. The zero-order valence-corrected chi connectivity index (χ0v) is 16.4. The van der Waals surface area contributed by atoms with E-state index in [2.05, 4.69) is 15.5 Å². The molecular formula is C21H31N3O3. The maximum absolute atomic E-state index is 12.6.